The quantitative estimate of drug-likeness (QED) is 0.192. The van der Waals surface area contributed by atoms with Gasteiger partial charge in [-0.05, 0) is 97.2 Å². The van der Waals surface area contributed by atoms with Crippen LogP contribution in [0.3, 0.4) is 0 Å². The van der Waals surface area contributed by atoms with Crippen LogP contribution in [0, 0.1) is 6.92 Å². The first-order chi connectivity index (χ1) is 21.0. The third-order valence-corrected chi connectivity index (χ3v) is 10.1. The van der Waals surface area contributed by atoms with Crippen LogP contribution in [0.25, 0.3) is 44.4 Å². The molecule has 44 heavy (non-hydrogen) atoms. The fourth-order valence-electron chi connectivity index (χ4n) is 7.77. The van der Waals surface area contributed by atoms with Gasteiger partial charge in [0.1, 0.15) is 0 Å². The molecule has 0 saturated carbocycles. The molecule has 0 atom stereocenters. The maximum atomic E-state index is 5.18. The zero-order valence-corrected chi connectivity index (χ0v) is 26.8. The summed E-state index contributed by atoms with van der Waals surface area (Å²) in [4.78, 5) is 5.18. The summed E-state index contributed by atoms with van der Waals surface area (Å²) in [5, 5.41) is 1.21. The number of aromatic nitrogens is 1. The molecule has 6 aromatic rings. The van der Waals surface area contributed by atoms with E-state index in [1.165, 1.54) is 72.1 Å². The molecule has 1 heteroatoms. The van der Waals surface area contributed by atoms with Crippen molar-refractivity contribution in [3.05, 3.63) is 148 Å². The molecule has 1 nitrogen and oxygen atoms in total. The predicted molar refractivity (Wildman–Crippen MR) is 186 cm³/mol. The van der Waals surface area contributed by atoms with Gasteiger partial charge in [0, 0.05) is 10.9 Å². The molecule has 0 aliphatic heterocycles. The lowest BCUT2D eigenvalue weighted by Gasteiger charge is -2.33. The number of fused-ring (bicyclic) bond motifs is 11. The summed E-state index contributed by atoms with van der Waals surface area (Å²) in [6.07, 6.45) is 0. The first-order valence-corrected chi connectivity index (χ1v) is 15.9. The summed E-state index contributed by atoms with van der Waals surface area (Å²) >= 11 is 0. The fraction of sp³-hybridized carbons (Fsp3) is 0.233. The minimum atomic E-state index is -0.402. The van der Waals surface area contributed by atoms with E-state index in [9.17, 15) is 0 Å². The number of rotatable bonds is 1. The smallest absolute Gasteiger partial charge is 0.0725 e. The molecule has 0 bridgehead atoms. The van der Waals surface area contributed by atoms with Crippen molar-refractivity contribution in [3.63, 3.8) is 0 Å². The van der Waals surface area contributed by atoms with E-state index in [2.05, 4.69) is 158 Å². The first-order valence-electron chi connectivity index (χ1n) is 15.9. The topological polar surface area (TPSA) is 12.9 Å². The van der Waals surface area contributed by atoms with Gasteiger partial charge in [-0.1, -0.05) is 133 Å². The molecular weight excluding hydrogens is 530 g/mol. The van der Waals surface area contributed by atoms with Crippen molar-refractivity contribution in [2.45, 2.75) is 64.7 Å². The van der Waals surface area contributed by atoms with E-state index < -0.39 is 5.41 Å². The van der Waals surface area contributed by atoms with Crippen molar-refractivity contribution in [3.8, 4) is 33.5 Å². The summed E-state index contributed by atoms with van der Waals surface area (Å²) in [7, 11) is 0. The van der Waals surface area contributed by atoms with Gasteiger partial charge in [-0.15, -0.1) is 0 Å². The molecule has 0 N–H and O–H groups in total. The Kier molecular flexibility index (Phi) is 5.55. The van der Waals surface area contributed by atoms with Gasteiger partial charge >= 0.3 is 0 Å². The lowest BCUT2D eigenvalue weighted by Crippen LogP contribution is -2.27. The van der Waals surface area contributed by atoms with Crippen molar-refractivity contribution >= 4 is 10.9 Å². The third-order valence-electron chi connectivity index (χ3n) is 10.1. The summed E-state index contributed by atoms with van der Waals surface area (Å²) in [5.74, 6) is 0. The second-order valence-electron chi connectivity index (χ2n) is 14.9. The molecule has 0 amide bonds. The average molecular weight is 570 g/mol. The Morgan fingerprint density at radius 3 is 1.66 bits per heavy atom. The van der Waals surface area contributed by atoms with Crippen molar-refractivity contribution in [1.82, 2.24) is 4.98 Å². The zero-order valence-electron chi connectivity index (χ0n) is 26.8. The number of aryl methyl sites for hydroxylation is 1. The highest BCUT2D eigenvalue weighted by Gasteiger charge is 2.52. The Balaban J connectivity index is 1.49. The van der Waals surface area contributed by atoms with Crippen LogP contribution in [-0.2, 0) is 16.2 Å². The fourth-order valence-corrected chi connectivity index (χ4v) is 7.77. The third kappa shape index (κ3) is 3.68. The molecule has 8 rings (SSSR count). The van der Waals surface area contributed by atoms with E-state index in [-0.39, 0.29) is 10.8 Å². The van der Waals surface area contributed by atoms with E-state index in [0.717, 1.165) is 11.2 Å². The number of hydrogen-bond acceptors (Lipinski definition) is 1. The van der Waals surface area contributed by atoms with Gasteiger partial charge in [-0.2, -0.15) is 0 Å². The van der Waals surface area contributed by atoms with Crippen LogP contribution in [0.4, 0.5) is 0 Å². The van der Waals surface area contributed by atoms with Gasteiger partial charge in [0.05, 0.1) is 16.6 Å². The molecule has 2 aliphatic rings. The van der Waals surface area contributed by atoms with Gasteiger partial charge in [0.2, 0.25) is 0 Å². The van der Waals surface area contributed by atoms with Crippen LogP contribution < -0.4 is 0 Å². The summed E-state index contributed by atoms with van der Waals surface area (Å²) < 4.78 is 0. The molecule has 1 spiro atoms. The van der Waals surface area contributed by atoms with Crippen molar-refractivity contribution in [2.75, 3.05) is 0 Å². The molecule has 1 aromatic heterocycles. The molecule has 0 saturated heterocycles. The number of hydrogen-bond donors (Lipinski definition) is 0. The molecule has 0 fully saturated rings. The Morgan fingerprint density at radius 1 is 0.500 bits per heavy atom. The van der Waals surface area contributed by atoms with Crippen LogP contribution in [-0.4, -0.2) is 4.98 Å². The van der Waals surface area contributed by atoms with Gasteiger partial charge in [-0.3, -0.25) is 0 Å². The maximum Gasteiger partial charge on any atom is 0.0725 e. The van der Waals surface area contributed by atoms with E-state index >= 15 is 0 Å². The molecule has 0 radical (unpaired) electrons. The second-order valence-corrected chi connectivity index (χ2v) is 14.9. The lowest BCUT2D eigenvalue weighted by molar-refractivity contribution is 0.586. The Morgan fingerprint density at radius 2 is 1.02 bits per heavy atom. The Hall–Kier alpha value is -4.49. The zero-order chi connectivity index (χ0) is 30.6. The number of nitrogens with zero attached hydrogens (tertiary/aromatic N) is 1. The monoisotopic (exact) mass is 569 g/mol. The van der Waals surface area contributed by atoms with E-state index in [1.807, 2.05) is 0 Å². The number of pyridine rings is 1. The van der Waals surface area contributed by atoms with Gasteiger partial charge in [-0.25, -0.2) is 4.98 Å². The van der Waals surface area contributed by atoms with Gasteiger partial charge < -0.3 is 0 Å². The molecule has 216 valence electrons. The van der Waals surface area contributed by atoms with Crippen LogP contribution in [0.15, 0.2) is 109 Å². The Bertz CT molecular complexity index is 2080. The predicted octanol–water partition coefficient (Wildman–Crippen LogP) is 11.1. The van der Waals surface area contributed by atoms with Crippen LogP contribution >= 0.6 is 0 Å². The minimum absolute atomic E-state index is 0.0386. The normalized spacial score (nSPS) is 14.4. The van der Waals surface area contributed by atoms with Crippen LogP contribution in [0.2, 0.25) is 0 Å². The minimum Gasteiger partial charge on any atom is -0.248 e. The van der Waals surface area contributed by atoms with Crippen molar-refractivity contribution in [2.24, 2.45) is 0 Å². The first kappa shape index (κ1) is 27.1. The molecule has 5 aromatic carbocycles. The second kappa shape index (κ2) is 9.02. The molecule has 1 heterocycles. The van der Waals surface area contributed by atoms with E-state index in [4.69, 9.17) is 4.98 Å². The van der Waals surface area contributed by atoms with Crippen molar-refractivity contribution < 1.29 is 0 Å². The highest BCUT2D eigenvalue weighted by atomic mass is 14.7. The standard InChI is InChI=1S/C43H39N/c1-26-22-40(44-39-15-11-9-12-30(26)39)27-16-19-32-31-13-8-10-14-35(31)43(36(32)23-27)37-24-28(41(2,3)4)17-20-33(37)34-21-18-29(25-38(34)43)42(5,6)7/h8-25H,1-7H3. The van der Waals surface area contributed by atoms with E-state index in [0.29, 0.717) is 0 Å². The largest absolute Gasteiger partial charge is 0.248 e. The number of benzene rings is 5. The molecule has 0 unspecified atom stereocenters. The maximum absolute atomic E-state index is 5.18. The average Bonchev–Trinajstić information content (AvgIpc) is 3.46. The van der Waals surface area contributed by atoms with E-state index in [1.54, 1.807) is 0 Å². The summed E-state index contributed by atoms with van der Waals surface area (Å²) in [6, 6.07) is 41.4. The SMILES string of the molecule is Cc1cc(-c2ccc3c(c2)C2(c4ccccc4-3)c3cc(C(C)(C)C)ccc3-c3ccc(C(C)(C)C)cc32)nc2ccccc12. The lowest BCUT2D eigenvalue weighted by atomic mass is 9.68. The highest BCUT2D eigenvalue weighted by molar-refractivity contribution is 5.96. The van der Waals surface area contributed by atoms with Crippen LogP contribution in [0.5, 0.6) is 0 Å². The van der Waals surface area contributed by atoms with Gasteiger partial charge in [0.25, 0.3) is 0 Å². The highest BCUT2D eigenvalue weighted by Crippen LogP contribution is 2.63. The molecule has 2 aliphatic carbocycles. The van der Waals surface area contributed by atoms with Gasteiger partial charge in [0.15, 0.2) is 0 Å². The summed E-state index contributed by atoms with van der Waals surface area (Å²) in [6.45, 7) is 16.1. The van der Waals surface area contributed by atoms with Crippen LogP contribution in [0.1, 0.15) is 80.5 Å². The van der Waals surface area contributed by atoms with Crippen molar-refractivity contribution in [1.29, 1.82) is 0 Å². The molecular formula is C43H39N. The number of para-hydroxylation sites is 1. The summed E-state index contributed by atoms with van der Waals surface area (Å²) in [5.41, 5.74) is 17.8. The Labute approximate surface area is 261 Å².